The molecule has 0 radical (unpaired) electrons. The predicted molar refractivity (Wildman–Crippen MR) is 208 cm³/mol. The van der Waals surface area contributed by atoms with Gasteiger partial charge in [-0.25, -0.2) is 9.97 Å². The summed E-state index contributed by atoms with van der Waals surface area (Å²) in [5.74, 6) is 1.75. The van der Waals surface area contributed by atoms with Crippen LogP contribution in [0.15, 0.2) is 182 Å². The van der Waals surface area contributed by atoms with Crippen molar-refractivity contribution in [3.05, 3.63) is 210 Å². The van der Waals surface area contributed by atoms with Crippen LogP contribution < -0.4 is 4.74 Å². The quantitative estimate of drug-likeness (QED) is 0.188. The van der Waals surface area contributed by atoms with Crippen molar-refractivity contribution in [3.63, 3.8) is 0 Å². The number of benzene rings is 7. The first-order chi connectivity index (χ1) is 25.8. The Labute approximate surface area is 302 Å². The third-order valence-electron chi connectivity index (χ3n) is 11.4. The fourth-order valence-electron chi connectivity index (χ4n) is 9.29. The Kier molecular flexibility index (Phi) is 6.29. The molecule has 7 aromatic carbocycles. The van der Waals surface area contributed by atoms with Crippen LogP contribution in [0.5, 0.6) is 5.75 Å². The molecule has 1 spiro atoms. The normalized spacial score (nSPS) is 16.8. The van der Waals surface area contributed by atoms with E-state index in [1.807, 2.05) is 6.07 Å². The average Bonchev–Trinajstić information content (AvgIpc) is 3.85. The molecular formula is C49H32N2O. The first-order valence-corrected chi connectivity index (χ1v) is 18.0. The molecule has 2 aliphatic carbocycles. The van der Waals surface area contributed by atoms with Crippen LogP contribution in [0, 0.1) is 0 Å². The molecule has 3 heteroatoms. The summed E-state index contributed by atoms with van der Waals surface area (Å²) in [6.45, 7) is 0. The SMILES string of the molecule is c1ccc(-c2cccc(-c3cc(-c4cccc5c4C4(c6ccccc6-c6ccccc64)C4Oc6ccccc6C54)nc(-c4ccccc4)n3)c2)cc1. The van der Waals surface area contributed by atoms with Gasteiger partial charge < -0.3 is 4.74 Å². The van der Waals surface area contributed by atoms with Gasteiger partial charge in [0.15, 0.2) is 5.82 Å². The predicted octanol–water partition coefficient (Wildman–Crippen LogP) is 11.4. The van der Waals surface area contributed by atoms with Gasteiger partial charge in [0.1, 0.15) is 11.9 Å². The van der Waals surface area contributed by atoms with E-state index in [-0.39, 0.29) is 12.0 Å². The Balaban J connectivity index is 1.20. The highest BCUT2D eigenvalue weighted by atomic mass is 16.5. The van der Waals surface area contributed by atoms with Gasteiger partial charge in [0.2, 0.25) is 0 Å². The Bertz CT molecular complexity index is 2640. The number of rotatable bonds is 4. The van der Waals surface area contributed by atoms with E-state index >= 15 is 0 Å². The van der Waals surface area contributed by atoms with Crippen LogP contribution in [0.2, 0.25) is 0 Å². The first kappa shape index (κ1) is 29.2. The lowest BCUT2D eigenvalue weighted by molar-refractivity contribution is 0.178. The number of nitrogens with zero attached hydrogens (tertiary/aromatic N) is 2. The van der Waals surface area contributed by atoms with Gasteiger partial charge in [-0.1, -0.05) is 164 Å². The summed E-state index contributed by atoms with van der Waals surface area (Å²) in [6, 6.07) is 65.0. The Morgan fingerprint density at radius 2 is 0.981 bits per heavy atom. The summed E-state index contributed by atoms with van der Waals surface area (Å²) >= 11 is 0. The molecule has 1 aromatic heterocycles. The highest BCUT2D eigenvalue weighted by Gasteiger charge is 2.63. The lowest BCUT2D eigenvalue weighted by atomic mass is 9.69. The van der Waals surface area contributed by atoms with Crippen LogP contribution >= 0.6 is 0 Å². The van der Waals surface area contributed by atoms with Crippen molar-refractivity contribution in [3.8, 4) is 61.9 Å². The molecule has 0 N–H and O–H groups in total. The summed E-state index contributed by atoms with van der Waals surface area (Å²) in [6.07, 6.45) is -0.150. The van der Waals surface area contributed by atoms with E-state index in [4.69, 9.17) is 14.7 Å². The van der Waals surface area contributed by atoms with Crippen LogP contribution in [0.4, 0.5) is 0 Å². The number of aromatic nitrogens is 2. The van der Waals surface area contributed by atoms with Crippen LogP contribution in [0.1, 0.15) is 33.7 Å². The van der Waals surface area contributed by atoms with Crippen molar-refractivity contribution in [2.45, 2.75) is 17.4 Å². The van der Waals surface area contributed by atoms with Crippen molar-refractivity contribution in [2.75, 3.05) is 0 Å². The molecule has 0 amide bonds. The third kappa shape index (κ3) is 4.08. The number of hydrogen-bond donors (Lipinski definition) is 0. The molecule has 244 valence electrons. The smallest absolute Gasteiger partial charge is 0.160 e. The van der Waals surface area contributed by atoms with Crippen molar-refractivity contribution in [1.82, 2.24) is 9.97 Å². The second kappa shape index (κ2) is 11.2. The molecule has 8 aromatic rings. The monoisotopic (exact) mass is 664 g/mol. The van der Waals surface area contributed by atoms with Crippen LogP contribution in [-0.2, 0) is 5.41 Å². The van der Waals surface area contributed by atoms with Gasteiger partial charge in [0.25, 0.3) is 0 Å². The van der Waals surface area contributed by atoms with E-state index in [1.165, 1.54) is 44.5 Å². The minimum Gasteiger partial charge on any atom is -0.487 e. The number of ether oxygens (including phenoxy) is 1. The van der Waals surface area contributed by atoms with Gasteiger partial charge >= 0.3 is 0 Å². The molecule has 0 saturated heterocycles. The van der Waals surface area contributed by atoms with E-state index in [0.717, 1.165) is 39.4 Å². The molecule has 2 unspecified atom stereocenters. The topological polar surface area (TPSA) is 35.0 Å². The van der Waals surface area contributed by atoms with Crippen LogP contribution in [0.3, 0.4) is 0 Å². The maximum atomic E-state index is 7.16. The van der Waals surface area contributed by atoms with Gasteiger partial charge in [-0.15, -0.1) is 0 Å². The number of fused-ring (bicyclic) bond motifs is 12. The molecule has 0 saturated carbocycles. The lowest BCUT2D eigenvalue weighted by Gasteiger charge is -2.35. The van der Waals surface area contributed by atoms with E-state index in [2.05, 4.69) is 176 Å². The highest BCUT2D eigenvalue weighted by Crippen LogP contribution is 2.67. The maximum absolute atomic E-state index is 7.16. The fourth-order valence-corrected chi connectivity index (χ4v) is 9.29. The van der Waals surface area contributed by atoms with E-state index in [0.29, 0.717) is 5.82 Å². The molecule has 2 atom stereocenters. The van der Waals surface area contributed by atoms with E-state index in [1.54, 1.807) is 0 Å². The zero-order chi connectivity index (χ0) is 34.2. The number of hydrogen-bond acceptors (Lipinski definition) is 3. The van der Waals surface area contributed by atoms with Gasteiger partial charge in [0.05, 0.1) is 22.7 Å². The largest absolute Gasteiger partial charge is 0.487 e. The Morgan fingerprint density at radius 3 is 1.75 bits per heavy atom. The molecule has 11 rings (SSSR count). The minimum absolute atomic E-state index is 0.0721. The van der Waals surface area contributed by atoms with Crippen molar-refractivity contribution in [1.29, 1.82) is 0 Å². The van der Waals surface area contributed by atoms with Gasteiger partial charge in [-0.2, -0.15) is 0 Å². The van der Waals surface area contributed by atoms with Gasteiger partial charge in [-0.05, 0) is 62.7 Å². The molecule has 2 heterocycles. The molecule has 3 aliphatic rings. The highest BCUT2D eigenvalue weighted by molar-refractivity contribution is 5.90. The third-order valence-corrected chi connectivity index (χ3v) is 11.4. The molecule has 0 fully saturated rings. The zero-order valence-corrected chi connectivity index (χ0v) is 28.3. The van der Waals surface area contributed by atoms with Crippen LogP contribution in [0.25, 0.3) is 56.2 Å². The maximum Gasteiger partial charge on any atom is 0.160 e. The number of para-hydroxylation sites is 1. The minimum atomic E-state index is -0.548. The molecule has 52 heavy (non-hydrogen) atoms. The Hall–Kier alpha value is -6.58. The molecule has 0 bridgehead atoms. The second-order valence-corrected chi connectivity index (χ2v) is 14.0. The summed E-state index contributed by atoms with van der Waals surface area (Å²) in [5.41, 5.74) is 15.7. The van der Waals surface area contributed by atoms with Gasteiger partial charge in [0, 0.05) is 22.3 Å². The summed E-state index contributed by atoms with van der Waals surface area (Å²) in [5, 5.41) is 0. The summed E-state index contributed by atoms with van der Waals surface area (Å²) < 4.78 is 7.16. The molecule has 1 aliphatic heterocycles. The van der Waals surface area contributed by atoms with Crippen molar-refractivity contribution in [2.24, 2.45) is 0 Å². The van der Waals surface area contributed by atoms with Crippen molar-refractivity contribution >= 4 is 0 Å². The summed E-state index contributed by atoms with van der Waals surface area (Å²) in [4.78, 5) is 10.7. The van der Waals surface area contributed by atoms with Crippen LogP contribution in [-0.4, -0.2) is 16.1 Å². The second-order valence-electron chi connectivity index (χ2n) is 14.0. The average molecular weight is 665 g/mol. The first-order valence-electron chi connectivity index (χ1n) is 18.0. The summed E-state index contributed by atoms with van der Waals surface area (Å²) in [7, 11) is 0. The zero-order valence-electron chi connectivity index (χ0n) is 28.3. The van der Waals surface area contributed by atoms with Crippen molar-refractivity contribution < 1.29 is 4.74 Å². The molecule has 3 nitrogen and oxygen atoms in total. The standard InChI is InChI=1S/C49H32N2O/c1-3-15-31(16-4-1)33-19-13-20-34(29-33)42-30-43(51-48(50-42)32-17-5-2-6-18-32)37-24-14-25-39-45-38-23-9-12-28-44(38)52-47(45)49(46(37)39)40-26-10-7-21-35(40)36-22-8-11-27-41(36)49/h1-30,45,47H. The fraction of sp³-hybridized carbons (Fsp3) is 0.0612. The lowest BCUT2D eigenvalue weighted by Crippen LogP contribution is -2.40. The van der Waals surface area contributed by atoms with E-state index in [9.17, 15) is 0 Å². The van der Waals surface area contributed by atoms with Gasteiger partial charge in [-0.3, -0.25) is 0 Å². The Morgan fingerprint density at radius 1 is 0.423 bits per heavy atom. The van der Waals surface area contributed by atoms with E-state index < -0.39 is 5.41 Å². The molecular weight excluding hydrogens is 633 g/mol.